The molecule has 7 heteroatoms. The van der Waals surface area contributed by atoms with Crippen LogP contribution in [0.3, 0.4) is 0 Å². The van der Waals surface area contributed by atoms with Gasteiger partial charge in [-0.25, -0.2) is 9.59 Å². The number of unbranched alkanes of at least 4 members (excludes halogenated alkanes) is 2. The van der Waals surface area contributed by atoms with Crippen LogP contribution in [0.4, 0.5) is 4.79 Å². The van der Waals surface area contributed by atoms with Crippen molar-refractivity contribution in [2.24, 2.45) is 0 Å². The zero-order valence-electron chi connectivity index (χ0n) is 19.8. The summed E-state index contributed by atoms with van der Waals surface area (Å²) < 4.78 is 21.9. The Kier molecular flexibility index (Phi) is 11.7. The highest BCUT2D eigenvalue weighted by molar-refractivity contribution is 5.81. The normalized spacial score (nSPS) is 11.4. The van der Waals surface area contributed by atoms with Crippen LogP contribution in [0.25, 0.3) is 0 Å². The van der Waals surface area contributed by atoms with E-state index in [0.29, 0.717) is 24.7 Å². The molecule has 2 rings (SSSR count). The number of rotatable bonds is 14. The minimum Gasteiger partial charge on any atom is -0.490 e. The molecule has 0 aromatic heterocycles. The van der Waals surface area contributed by atoms with E-state index in [1.165, 1.54) is 7.11 Å². The first-order valence-electron chi connectivity index (χ1n) is 11.5. The first-order valence-corrected chi connectivity index (χ1v) is 11.5. The molecule has 0 spiro atoms. The molecular formula is C26H35NO6. The molecule has 0 unspecified atom stereocenters. The van der Waals surface area contributed by atoms with Crippen molar-refractivity contribution < 1.29 is 28.5 Å². The number of benzene rings is 2. The van der Waals surface area contributed by atoms with Gasteiger partial charge in [-0.05, 0) is 36.1 Å². The van der Waals surface area contributed by atoms with Gasteiger partial charge in [0.05, 0.1) is 20.3 Å². The van der Waals surface area contributed by atoms with E-state index >= 15 is 0 Å². The maximum Gasteiger partial charge on any atom is 0.408 e. The molecule has 180 valence electrons. The van der Waals surface area contributed by atoms with Crippen molar-refractivity contribution in [2.75, 3.05) is 20.3 Å². The van der Waals surface area contributed by atoms with Crippen molar-refractivity contribution in [1.82, 2.24) is 5.32 Å². The molecule has 7 nitrogen and oxygen atoms in total. The predicted molar refractivity (Wildman–Crippen MR) is 127 cm³/mol. The summed E-state index contributed by atoms with van der Waals surface area (Å²) in [6.07, 6.45) is 3.48. The number of ether oxygens (including phenoxy) is 4. The zero-order chi connectivity index (χ0) is 23.9. The number of esters is 1. The Morgan fingerprint density at radius 3 is 2.18 bits per heavy atom. The van der Waals surface area contributed by atoms with E-state index in [4.69, 9.17) is 18.9 Å². The fourth-order valence-corrected chi connectivity index (χ4v) is 3.04. The molecule has 0 heterocycles. The molecule has 1 N–H and O–H groups in total. The molecule has 1 atom stereocenters. The molecule has 0 bridgehead atoms. The molecule has 0 saturated heterocycles. The second-order valence-electron chi connectivity index (χ2n) is 7.67. The summed E-state index contributed by atoms with van der Waals surface area (Å²) in [5.41, 5.74) is 1.66. The lowest BCUT2D eigenvalue weighted by Crippen LogP contribution is -2.43. The molecule has 2 aromatic rings. The molecule has 0 saturated carbocycles. The third-order valence-corrected chi connectivity index (χ3v) is 4.95. The minimum atomic E-state index is -0.895. The van der Waals surface area contributed by atoms with Crippen LogP contribution in [-0.4, -0.2) is 38.4 Å². The summed E-state index contributed by atoms with van der Waals surface area (Å²) in [4.78, 5) is 24.6. The van der Waals surface area contributed by atoms with Crippen molar-refractivity contribution in [3.63, 3.8) is 0 Å². The highest BCUT2D eigenvalue weighted by Crippen LogP contribution is 2.29. The third kappa shape index (κ3) is 9.43. The van der Waals surface area contributed by atoms with Crippen molar-refractivity contribution >= 4 is 12.1 Å². The van der Waals surface area contributed by atoms with E-state index < -0.39 is 18.1 Å². The number of carbonyl (C=O) groups is 2. The molecule has 33 heavy (non-hydrogen) atoms. The number of alkyl carbamates (subject to hydrolysis) is 1. The quantitative estimate of drug-likeness (QED) is 0.316. The Labute approximate surface area is 196 Å². The molecule has 0 aliphatic heterocycles. The first kappa shape index (κ1) is 26.0. The zero-order valence-corrected chi connectivity index (χ0v) is 19.8. The van der Waals surface area contributed by atoms with Crippen LogP contribution in [0.5, 0.6) is 11.5 Å². The van der Waals surface area contributed by atoms with Crippen LogP contribution in [0.15, 0.2) is 48.5 Å². The van der Waals surface area contributed by atoms with Gasteiger partial charge >= 0.3 is 12.1 Å². The largest absolute Gasteiger partial charge is 0.490 e. The lowest BCUT2D eigenvalue weighted by molar-refractivity contribution is -0.143. The molecular weight excluding hydrogens is 422 g/mol. The number of carbonyl (C=O) groups excluding carboxylic acids is 2. The van der Waals surface area contributed by atoms with E-state index in [-0.39, 0.29) is 13.0 Å². The second-order valence-corrected chi connectivity index (χ2v) is 7.67. The van der Waals surface area contributed by atoms with Crippen LogP contribution < -0.4 is 14.8 Å². The highest BCUT2D eigenvalue weighted by atomic mass is 16.6. The van der Waals surface area contributed by atoms with Gasteiger partial charge in [-0.1, -0.05) is 63.1 Å². The average Bonchev–Trinajstić information content (AvgIpc) is 2.84. The monoisotopic (exact) mass is 457 g/mol. The number of hydrogen-bond acceptors (Lipinski definition) is 6. The molecule has 0 aliphatic carbocycles. The van der Waals surface area contributed by atoms with Gasteiger partial charge in [0.1, 0.15) is 12.6 Å². The van der Waals surface area contributed by atoms with Crippen LogP contribution in [0, 0.1) is 0 Å². The fraction of sp³-hybridized carbons (Fsp3) is 0.462. The number of hydrogen-bond donors (Lipinski definition) is 1. The van der Waals surface area contributed by atoms with Crippen molar-refractivity contribution in [3.8, 4) is 11.5 Å². The van der Waals surface area contributed by atoms with Gasteiger partial charge in [-0.3, -0.25) is 0 Å². The fourth-order valence-electron chi connectivity index (χ4n) is 3.04. The van der Waals surface area contributed by atoms with Gasteiger partial charge in [0, 0.05) is 6.42 Å². The summed E-state index contributed by atoms with van der Waals surface area (Å²) in [6.45, 7) is 5.51. The minimum absolute atomic E-state index is 0.111. The molecule has 0 radical (unpaired) electrons. The second kappa shape index (κ2) is 14.8. The van der Waals surface area contributed by atoms with Gasteiger partial charge in [0.25, 0.3) is 0 Å². The maximum absolute atomic E-state index is 12.3. The summed E-state index contributed by atoms with van der Waals surface area (Å²) in [5.74, 6) is 0.754. The SMILES string of the molecule is CCCCOc1ccc(C[C@H](NC(=O)OCc2ccccc2)C(=O)OC)cc1OCCCC. The molecule has 0 fully saturated rings. The molecule has 1 amide bonds. The maximum atomic E-state index is 12.3. The van der Waals surface area contributed by atoms with Crippen LogP contribution in [-0.2, 0) is 27.3 Å². The van der Waals surface area contributed by atoms with Crippen molar-refractivity contribution in [1.29, 1.82) is 0 Å². The summed E-state index contributed by atoms with van der Waals surface area (Å²) in [7, 11) is 1.29. The van der Waals surface area contributed by atoms with Crippen LogP contribution in [0.1, 0.15) is 50.7 Å². The van der Waals surface area contributed by atoms with E-state index in [9.17, 15) is 9.59 Å². The van der Waals surface area contributed by atoms with Crippen molar-refractivity contribution in [2.45, 2.75) is 58.6 Å². The summed E-state index contributed by atoms with van der Waals surface area (Å²) in [5, 5.41) is 2.61. The van der Waals surface area contributed by atoms with Gasteiger partial charge in [-0.15, -0.1) is 0 Å². The smallest absolute Gasteiger partial charge is 0.408 e. The number of nitrogens with one attached hydrogen (secondary N) is 1. The van der Waals surface area contributed by atoms with E-state index in [0.717, 1.165) is 36.8 Å². The Morgan fingerprint density at radius 1 is 0.879 bits per heavy atom. The van der Waals surface area contributed by atoms with E-state index in [1.807, 2.05) is 48.5 Å². The average molecular weight is 458 g/mol. The topological polar surface area (TPSA) is 83.1 Å². The molecule has 2 aromatic carbocycles. The predicted octanol–water partition coefficient (Wildman–Crippen LogP) is 5.05. The van der Waals surface area contributed by atoms with Gasteiger partial charge in [-0.2, -0.15) is 0 Å². The van der Waals surface area contributed by atoms with E-state index in [2.05, 4.69) is 19.2 Å². The number of amides is 1. The van der Waals surface area contributed by atoms with Gasteiger partial charge in [0.2, 0.25) is 0 Å². The number of methoxy groups -OCH3 is 1. The van der Waals surface area contributed by atoms with Crippen LogP contribution >= 0.6 is 0 Å². The van der Waals surface area contributed by atoms with Gasteiger partial charge < -0.3 is 24.3 Å². The van der Waals surface area contributed by atoms with Gasteiger partial charge in [0.15, 0.2) is 11.5 Å². The highest BCUT2D eigenvalue weighted by Gasteiger charge is 2.23. The van der Waals surface area contributed by atoms with E-state index in [1.54, 1.807) is 0 Å². The van der Waals surface area contributed by atoms with Crippen LogP contribution in [0.2, 0.25) is 0 Å². The summed E-state index contributed by atoms with van der Waals surface area (Å²) in [6, 6.07) is 14.0. The van der Waals surface area contributed by atoms with Crippen molar-refractivity contribution in [3.05, 3.63) is 59.7 Å². The Balaban J connectivity index is 2.06. The lowest BCUT2D eigenvalue weighted by Gasteiger charge is -2.18. The summed E-state index contributed by atoms with van der Waals surface area (Å²) >= 11 is 0. The molecule has 0 aliphatic rings. The lowest BCUT2D eigenvalue weighted by atomic mass is 10.1. The standard InChI is InChI=1S/C26H35NO6/c1-4-6-15-31-23-14-13-21(18-24(23)32-16-7-5-2)17-22(25(28)30-3)27-26(29)33-19-20-11-9-8-10-12-20/h8-14,18,22H,4-7,15-17,19H2,1-3H3,(H,27,29)/t22-/m0/s1. The first-order chi connectivity index (χ1) is 16.1. The Morgan fingerprint density at radius 2 is 1.55 bits per heavy atom. The Bertz CT molecular complexity index is 855. The Hall–Kier alpha value is -3.22. The third-order valence-electron chi connectivity index (χ3n) is 4.95.